The minimum absolute atomic E-state index is 0.00474. The Morgan fingerprint density at radius 2 is 0.750 bits per heavy atom. The fraction of sp³-hybridized carbons (Fsp3) is 0.442. The first-order valence-corrected chi connectivity index (χ1v) is 44.1. The summed E-state index contributed by atoms with van der Waals surface area (Å²) in [4.78, 5) is 140. The summed E-state index contributed by atoms with van der Waals surface area (Å²) in [5.74, 6) is -0.438. The van der Waals surface area contributed by atoms with Gasteiger partial charge in [0.1, 0.15) is 23.0 Å². The van der Waals surface area contributed by atoms with Crippen molar-refractivity contribution in [2.45, 2.75) is 289 Å². The summed E-state index contributed by atoms with van der Waals surface area (Å²) in [6.07, 6.45) is 6.99. The van der Waals surface area contributed by atoms with E-state index >= 15 is 19.2 Å². The predicted molar refractivity (Wildman–Crippen MR) is 505 cm³/mol. The van der Waals surface area contributed by atoms with Crippen LogP contribution in [0.2, 0.25) is 0 Å². The zero-order chi connectivity index (χ0) is 90.9. The van der Waals surface area contributed by atoms with Gasteiger partial charge in [0.25, 0.3) is 34.7 Å². The van der Waals surface area contributed by atoms with Crippen molar-refractivity contribution >= 4 is 113 Å². The van der Waals surface area contributed by atoms with Crippen LogP contribution in [0, 0.1) is 11.8 Å². The van der Waals surface area contributed by atoms with Crippen LogP contribution in [-0.2, 0) is 56.2 Å². The number of imide groups is 2. The van der Waals surface area contributed by atoms with Gasteiger partial charge in [0.15, 0.2) is 0 Å². The van der Waals surface area contributed by atoms with Crippen molar-refractivity contribution in [1.82, 2.24) is 19.9 Å². The smallest absolute Gasteiger partial charge is 0.326 e. The number of nitrogens with zero attached hydrogens (tertiary/aromatic N) is 4. The Labute approximate surface area is 730 Å². The van der Waals surface area contributed by atoms with Gasteiger partial charge in [-0.1, -0.05) is 269 Å². The summed E-state index contributed by atoms with van der Waals surface area (Å²) >= 11 is 0. The molecule has 0 radical (unpaired) electrons. The van der Waals surface area contributed by atoms with Crippen LogP contribution in [0.4, 0.5) is 44.2 Å². The molecule has 0 fully saturated rings. The number of aromatic nitrogens is 4. The molecule has 0 aliphatic carbocycles. The van der Waals surface area contributed by atoms with Gasteiger partial charge in [-0.2, -0.15) is 9.97 Å². The van der Waals surface area contributed by atoms with E-state index in [1.54, 1.807) is 18.2 Å². The van der Waals surface area contributed by atoms with Crippen LogP contribution in [-0.4, -0.2) is 55.6 Å². The first-order valence-electron chi connectivity index (χ1n) is 44.1. The molecule has 652 valence electrons. The lowest BCUT2D eigenvalue weighted by molar-refractivity contribution is 0.0876. The number of H-pyrrole nitrogens is 2. The minimum Gasteiger partial charge on any atom is -0.456 e. The molecule has 2 aliphatic rings. The number of urea groups is 2. The Balaban J connectivity index is 1.05. The van der Waals surface area contributed by atoms with Crippen LogP contribution < -0.4 is 51.7 Å². The van der Waals surface area contributed by atoms with E-state index in [4.69, 9.17) is 9.47 Å². The number of anilines is 6. The molecule has 20 nitrogen and oxygen atoms in total. The highest BCUT2D eigenvalue weighted by molar-refractivity contribution is 6.46. The molecule has 6 N–H and O–H groups in total. The molecular formula is C104H126N10O10. The lowest BCUT2D eigenvalue weighted by atomic mass is 9.78. The first kappa shape index (κ1) is 90.2. The maximum atomic E-state index is 17.2. The van der Waals surface area contributed by atoms with Gasteiger partial charge in [-0.25, -0.2) is 19.4 Å². The van der Waals surface area contributed by atoms with Crippen molar-refractivity contribution in [3.05, 3.63) is 208 Å². The maximum Gasteiger partial charge on any atom is 0.326 e. The number of nitrogens with one attached hydrogen (secondary N) is 6. The fourth-order valence-electron chi connectivity index (χ4n) is 18.0. The van der Waals surface area contributed by atoms with Crippen molar-refractivity contribution in [3.8, 4) is 23.0 Å². The molecule has 11 aromatic rings. The molecule has 9 aromatic carbocycles. The van der Waals surface area contributed by atoms with Gasteiger partial charge < -0.3 is 30.1 Å². The standard InChI is InChI=1S/C104H126N10O10/c1-29-33-55(31-3)43-59-47-81(115)109-93(105-59)111-95(121)107-73-51-71(103(23,24)25)75(53-69(73)101(17,18)19)113-89(117)63-39-37-61-65-49-80(124-78-46-58(98(8,9)10)36-42-68(78)100(14,15)16)88-87-64(40-38-62(83(65)87)85-79(50-66(91(113)119)84(63)86(61)85)123-77-45-57(97(5,6)7)35-41-67(77)99(11,12)13)90(118)114(92(88)120)76-54-70(102(20,21)22)74(52-72(76)104(26,27)28)108-96(122)112-94-106-60(48-82(116)110-94)44-56(32-4)34-30-2/h35-42,45-56H,29-34,43-44H2,1-28H3,(H3,105,107,109,111,115,121)(H3,106,108,110,112,116,122). The predicted octanol–water partition coefficient (Wildman–Crippen LogP) is 25.5. The highest BCUT2D eigenvalue weighted by Gasteiger charge is 2.45. The van der Waals surface area contributed by atoms with Crippen LogP contribution in [0.3, 0.4) is 0 Å². The minimum atomic E-state index is -0.805. The van der Waals surface area contributed by atoms with Gasteiger partial charge in [-0.05, 0) is 184 Å². The number of carbonyl (C=O) groups excluding carboxylic acids is 6. The second kappa shape index (κ2) is 32.5. The number of ether oxygens (including phenoxy) is 2. The van der Waals surface area contributed by atoms with E-state index in [2.05, 4.69) is 182 Å². The topological polar surface area (TPSA) is 267 Å². The number of fused-ring (bicyclic) bond motifs is 2. The Morgan fingerprint density at radius 3 is 1.15 bits per heavy atom. The van der Waals surface area contributed by atoms with Gasteiger partial charge in [0.2, 0.25) is 11.9 Å². The summed E-state index contributed by atoms with van der Waals surface area (Å²) in [6.45, 7) is 57.9. The van der Waals surface area contributed by atoms with Gasteiger partial charge >= 0.3 is 12.1 Å². The zero-order valence-corrected chi connectivity index (χ0v) is 78.1. The van der Waals surface area contributed by atoms with E-state index in [9.17, 15) is 19.2 Å². The average Bonchev–Trinajstić information content (AvgIpc) is 0.676. The highest BCUT2D eigenvalue weighted by Crippen LogP contribution is 2.56. The highest BCUT2D eigenvalue weighted by atomic mass is 16.5. The van der Waals surface area contributed by atoms with Gasteiger partial charge in [0.05, 0.1) is 22.5 Å². The van der Waals surface area contributed by atoms with Gasteiger partial charge in [0, 0.05) is 78.7 Å². The third-order valence-electron chi connectivity index (χ3n) is 24.6. The molecule has 20 heteroatoms. The number of hydrogen-bond donors (Lipinski definition) is 6. The molecule has 124 heavy (non-hydrogen) atoms. The average molecular weight is 1680 g/mol. The molecule has 0 saturated carbocycles. The molecule has 13 rings (SSSR count). The summed E-state index contributed by atoms with van der Waals surface area (Å²) in [5, 5.41) is 15.8. The van der Waals surface area contributed by atoms with Crippen LogP contribution >= 0.6 is 0 Å². The zero-order valence-electron chi connectivity index (χ0n) is 78.1. The van der Waals surface area contributed by atoms with Gasteiger partial charge in [-0.3, -0.25) is 39.4 Å². The van der Waals surface area contributed by atoms with E-state index in [1.165, 1.54) is 21.9 Å². The van der Waals surface area contributed by atoms with Crippen LogP contribution in [0.15, 0.2) is 119 Å². The Kier molecular flexibility index (Phi) is 23.7. The van der Waals surface area contributed by atoms with Crippen molar-refractivity contribution in [1.29, 1.82) is 0 Å². The summed E-state index contributed by atoms with van der Waals surface area (Å²) < 4.78 is 15.3. The number of benzene rings is 9. The second-order valence-electron chi connectivity index (χ2n) is 42.6. The third kappa shape index (κ3) is 17.6. The SMILES string of the molecule is CCCC(CC)Cc1cc(=O)nc(NC(=O)Nc2cc(C(C)(C)C)c(N3C(=O)c4ccc5c6c(Oc7cc(C(C)(C)C)ccc7C(C)(C)C)cc7c8c(ccc(c9cc(Oc%10cc(C(C)(C)C)ccc%10C(C)(C)C)c(c4c95)C3=O)c86)C(=O)N(c3cc(C(C)(C)C)c(NC(=O)Nc4nc(=O)cc(CC(CC)CCC)[nH]4)cc3C(C)(C)C)C7=O)cc2C(C)(C)C)[nH]1. The van der Waals surface area contributed by atoms with Crippen LogP contribution in [0.25, 0.3) is 43.1 Å². The van der Waals surface area contributed by atoms with Gasteiger partial charge in [-0.15, -0.1) is 0 Å². The fourth-order valence-corrected chi connectivity index (χ4v) is 18.0. The summed E-state index contributed by atoms with van der Waals surface area (Å²) in [5.41, 5.74) is 3.69. The quantitative estimate of drug-likeness (QED) is 0.0236. The lowest BCUT2D eigenvalue weighted by Gasteiger charge is -2.36. The lowest BCUT2D eigenvalue weighted by Crippen LogP contribution is -2.42. The number of hydrogen-bond acceptors (Lipinski definition) is 12. The molecule has 0 spiro atoms. The van der Waals surface area contributed by atoms with E-state index in [0.717, 1.165) is 60.8 Å². The van der Waals surface area contributed by atoms with Crippen molar-refractivity contribution in [2.75, 3.05) is 31.1 Å². The van der Waals surface area contributed by atoms with E-state index < -0.39 is 79.3 Å². The first-order chi connectivity index (χ1) is 57.6. The Hall–Kier alpha value is -11.5. The number of rotatable bonds is 20. The molecule has 2 aromatic heterocycles. The van der Waals surface area contributed by atoms with E-state index in [-0.39, 0.29) is 62.2 Å². The summed E-state index contributed by atoms with van der Waals surface area (Å²) in [7, 11) is 0. The largest absolute Gasteiger partial charge is 0.456 e. The summed E-state index contributed by atoms with van der Waals surface area (Å²) in [6, 6.07) is 32.4. The maximum absolute atomic E-state index is 17.2. The van der Waals surface area contributed by atoms with E-state index in [0.29, 0.717) is 130 Å². The molecule has 2 aliphatic heterocycles. The van der Waals surface area contributed by atoms with Crippen molar-refractivity contribution in [2.24, 2.45) is 11.8 Å². The van der Waals surface area contributed by atoms with Crippen LogP contribution in [0.1, 0.15) is 330 Å². The normalized spacial score (nSPS) is 14.3. The number of aromatic amines is 2. The molecule has 2 unspecified atom stereocenters. The molecule has 0 saturated heterocycles. The van der Waals surface area contributed by atoms with Crippen molar-refractivity contribution < 1.29 is 38.2 Å². The monoisotopic (exact) mass is 1670 g/mol. The Morgan fingerprint density at radius 1 is 0.355 bits per heavy atom. The molecule has 0 bridgehead atoms. The number of amides is 8. The number of carbonyl (C=O) groups is 6. The molecule has 4 heterocycles. The molecule has 8 amide bonds. The Bertz CT molecular complexity index is 6300. The third-order valence-corrected chi connectivity index (χ3v) is 24.6. The van der Waals surface area contributed by atoms with Crippen LogP contribution in [0.5, 0.6) is 23.0 Å². The molecule has 2 atom stereocenters. The van der Waals surface area contributed by atoms with E-state index in [1.807, 2.05) is 132 Å². The van der Waals surface area contributed by atoms with Crippen molar-refractivity contribution in [3.63, 3.8) is 0 Å². The second-order valence-corrected chi connectivity index (χ2v) is 42.6. The molecular weight excluding hydrogens is 1550 g/mol.